The predicted molar refractivity (Wildman–Crippen MR) is 74.2 cm³/mol. The van der Waals surface area contributed by atoms with Gasteiger partial charge in [-0.2, -0.15) is 0 Å². The fourth-order valence-electron chi connectivity index (χ4n) is 1.87. The molecule has 0 aliphatic carbocycles. The summed E-state index contributed by atoms with van der Waals surface area (Å²) in [5, 5.41) is 14.9. The van der Waals surface area contributed by atoms with E-state index in [4.69, 9.17) is 11.6 Å². The van der Waals surface area contributed by atoms with Crippen LogP contribution in [0.4, 0.5) is 5.69 Å². The van der Waals surface area contributed by atoms with Crippen molar-refractivity contribution in [3.8, 4) is 0 Å². The number of hydrogen-bond donors (Lipinski definition) is 1. The molecule has 4 nitrogen and oxygen atoms in total. The minimum atomic E-state index is -0.349. The van der Waals surface area contributed by atoms with Crippen LogP contribution in [0.3, 0.4) is 0 Å². The summed E-state index contributed by atoms with van der Waals surface area (Å²) in [6.45, 7) is 5.10. The Kier molecular flexibility index (Phi) is 6.09. The van der Waals surface area contributed by atoms with Crippen LogP contribution in [-0.2, 0) is 6.42 Å². The van der Waals surface area contributed by atoms with Crippen molar-refractivity contribution in [1.29, 1.82) is 0 Å². The van der Waals surface area contributed by atoms with Crippen molar-refractivity contribution in [2.45, 2.75) is 39.2 Å². The Morgan fingerprint density at radius 2 is 2.17 bits per heavy atom. The smallest absolute Gasteiger partial charge is 0.272 e. The van der Waals surface area contributed by atoms with E-state index in [9.17, 15) is 10.1 Å². The van der Waals surface area contributed by atoms with Crippen LogP contribution in [0.5, 0.6) is 0 Å². The second-order valence-electron chi connectivity index (χ2n) is 4.29. The highest BCUT2D eigenvalue weighted by Gasteiger charge is 2.17. The molecule has 1 rings (SSSR count). The third-order valence-electron chi connectivity index (χ3n) is 2.88. The number of rotatable bonds is 7. The van der Waals surface area contributed by atoms with Gasteiger partial charge in [-0.3, -0.25) is 10.1 Å². The average molecular weight is 271 g/mol. The summed E-state index contributed by atoms with van der Waals surface area (Å²) in [5.74, 6) is 0. The molecule has 0 saturated carbocycles. The molecule has 1 N–H and O–H groups in total. The Bertz CT molecular complexity index is 410. The van der Waals surface area contributed by atoms with E-state index < -0.39 is 0 Å². The molecule has 0 aliphatic rings. The number of hydrogen-bond acceptors (Lipinski definition) is 3. The largest absolute Gasteiger partial charge is 0.314 e. The maximum absolute atomic E-state index is 11.0. The lowest BCUT2D eigenvalue weighted by atomic mass is 10.0. The molecule has 5 heteroatoms. The molecule has 1 aromatic carbocycles. The van der Waals surface area contributed by atoms with Gasteiger partial charge in [-0.15, -0.1) is 0 Å². The molecular weight excluding hydrogens is 252 g/mol. The zero-order chi connectivity index (χ0) is 13.5. The first-order chi connectivity index (χ1) is 8.58. The highest BCUT2D eigenvalue weighted by Crippen LogP contribution is 2.24. The lowest BCUT2D eigenvalue weighted by Gasteiger charge is -2.16. The van der Waals surface area contributed by atoms with Crippen LogP contribution in [0, 0.1) is 10.1 Å². The zero-order valence-corrected chi connectivity index (χ0v) is 11.5. The van der Waals surface area contributed by atoms with Crippen molar-refractivity contribution in [2.24, 2.45) is 0 Å². The highest BCUT2D eigenvalue weighted by atomic mass is 35.5. The number of nitrogens with zero attached hydrogens (tertiary/aromatic N) is 1. The lowest BCUT2D eigenvalue weighted by molar-refractivity contribution is -0.385. The molecule has 0 heterocycles. The Hall–Kier alpha value is -1.13. The van der Waals surface area contributed by atoms with Crippen LogP contribution < -0.4 is 5.32 Å². The van der Waals surface area contributed by atoms with Crippen molar-refractivity contribution in [2.75, 3.05) is 6.54 Å². The van der Waals surface area contributed by atoms with E-state index in [-0.39, 0.29) is 16.7 Å². The molecule has 0 amide bonds. The van der Waals surface area contributed by atoms with Crippen molar-refractivity contribution in [3.05, 3.63) is 38.9 Å². The van der Waals surface area contributed by atoms with Gasteiger partial charge in [0.2, 0.25) is 0 Å². The maximum atomic E-state index is 11.0. The van der Waals surface area contributed by atoms with E-state index in [1.807, 2.05) is 0 Å². The van der Waals surface area contributed by atoms with Crippen molar-refractivity contribution < 1.29 is 4.92 Å². The minimum absolute atomic E-state index is 0.149. The number of benzene rings is 1. The third kappa shape index (κ3) is 4.27. The van der Waals surface area contributed by atoms with Gasteiger partial charge < -0.3 is 5.32 Å². The van der Waals surface area contributed by atoms with Gasteiger partial charge in [-0.05, 0) is 37.9 Å². The molecule has 1 atom stereocenters. The number of nitrogens with one attached hydrogen (secondary N) is 1. The summed E-state index contributed by atoms with van der Waals surface area (Å²) < 4.78 is 0. The van der Waals surface area contributed by atoms with Gasteiger partial charge in [0, 0.05) is 22.7 Å². The molecule has 0 saturated heterocycles. The van der Waals surface area contributed by atoms with E-state index in [0.717, 1.165) is 19.4 Å². The van der Waals surface area contributed by atoms with Gasteiger partial charge in [0.1, 0.15) is 0 Å². The third-order valence-corrected chi connectivity index (χ3v) is 3.12. The number of nitro benzene ring substituents is 1. The van der Waals surface area contributed by atoms with Gasteiger partial charge in [-0.1, -0.05) is 25.4 Å². The van der Waals surface area contributed by atoms with Crippen LogP contribution in [0.1, 0.15) is 32.3 Å². The monoisotopic (exact) mass is 270 g/mol. The fourth-order valence-corrected chi connectivity index (χ4v) is 2.07. The normalized spacial score (nSPS) is 12.4. The topological polar surface area (TPSA) is 55.2 Å². The van der Waals surface area contributed by atoms with Crippen molar-refractivity contribution in [3.63, 3.8) is 0 Å². The lowest BCUT2D eigenvalue weighted by Crippen LogP contribution is -2.31. The van der Waals surface area contributed by atoms with Crippen LogP contribution in [0.15, 0.2) is 18.2 Å². The Labute approximate surface area is 112 Å². The van der Waals surface area contributed by atoms with E-state index in [1.54, 1.807) is 12.1 Å². The molecule has 0 spiro atoms. The predicted octanol–water partition coefficient (Wildman–Crippen LogP) is 3.57. The minimum Gasteiger partial charge on any atom is -0.314 e. The van der Waals surface area contributed by atoms with Crippen molar-refractivity contribution in [1.82, 2.24) is 5.32 Å². The Morgan fingerprint density at radius 3 is 2.72 bits per heavy atom. The summed E-state index contributed by atoms with van der Waals surface area (Å²) in [6.07, 6.45) is 2.62. The molecule has 0 fully saturated rings. The second kappa shape index (κ2) is 7.34. The second-order valence-corrected chi connectivity index (χ2v) is 4.73. The summed E-state index contributed by atoms with van der Waals surface area (Å²) in [6, 6.07) is 4.98. The fraction of sp³-hybridized carbons (Fsp3) is 0.538. The summed E-state index contributed by atoms with van der Waals surface area (Å²) in [7, 11) is 0. The molecular formula is C13H19ClN2O2. The van der Waals surface area contributed by atoms with Gasteiger partial charge in [0.05, 0.1) is 4.92 Å². The van der Waals surface area contributed by atoms with Crippen LogP contribution >= 0.6 is 11.6 Å². The molecule has 1 aromatic rings. The van der Waals surface area contributed by atoms with E-state index >= 15 is 0 Å². The van der Waals surface area contributed by atoms with Crippen LogP contribution in [0.25, 0.3) is 0 Å². The van der Waals surface area contributed by atoms with Gasteiger partial charge in [0.15, 0.2) is 0 Å². The molecule has 1 unspecified atom stereocenters. The highest BCUT2D eigenvalue weighted by molar-refractivity contribution is 6.30. The first-order valence-electron chi connectivity index (χ1n) is 6.24. The van der Waals surface area contributed by atoms with E-state index in [1.165, 1.54) is 6.07 Å². The van der Waals surface area contributed by atoms with Crippen LogP contribution in [-0.4, -0.2) is 17.5 Å². The van der Waals surface area contributed by atoms with Gasteiger partial charge >= 0.3 is 0 Å². The summed E-state index contributed by atoms with van der Waals surface area (Å²) in [4.78, 5) is 10.6. The molecule has 18 heavy (non-hydrogen) atoms. The Balaban J connectivity index is 2.86. The Morgan fingerprint density at radius 1 is 1.44 bits per heavy atom. The number of halogens is 1. The quantitative estimate of drug-likeness (QED) is 0.609. The van der Waals surface area contributed by atoms with Crippen molar-refractivity contribution >= 4 is 17.3 Å². The average Bonchev–Trinajstić information content (AvgIpc) is 2.34. The first-order valence-corrected chi connectivity index (χ1v) is 6.62. The first kappa shape index (κ1) is 14.9. The zero-order valence-electron chi connectivity index (χ0n) is 10.8. The van der Waals surface area contributed by atoms with E-state index in [0.29, 0.717) is 17.0 Å². The van der Waals surface area contributed by atoms with Gasteiger partial charge in [0.25, 0.3) is 5.69 Å². The standard InChI is InChI=1S/C13H19ClN2O2/c1-3-7-15-12(4-2)9-10-8-11(14)5-6-13(10)16(17)18/h5-6,8,12,15H,3-4,7,9H2,1-2H3. The van der Waals surface area contributed by atoms with E-state index in [2.05, 4.69) is 19.2 Å². The summed E-state index contributed by atoms with van der Waals surface area (Å²) in [5.41, 5.74) is 0.846. The van der Waals surface area contributed by atoms with Gasteiger partial charge in [-0.25, -0.2) is 0 Å². The molecule has 0 bridgehead atoms. The maximum Gasteiger partial charge on any atom is 0.272 e. The molecule has 100 valence electrons. The van der Waals surface area contributed by atoms with Crippen LogP contribution in [0.2, 0.25) is 5.02 Å². The SMILES string of the molecule is CCCNC(CC)Cc1cc(Cl)ccc1[N+](=O)[O-]. The number of nitro groups is 1. The molecule has 0 aliphatic heterocycles. The molecule has 0 radical (unpaired) electrons. The summed E-state index contributed by atoms with van der Waals surface area (Å²) >= 11 is 5.91. The molecule has 0 aromatic heterocycles.